The van der Waals surface area contributed by atoms with Crippen LogP contribution in [0.2, 0.25) is 0 Å². The quantitative estimate of drug-likeness (QED) is 0.816. The fourth-order valence-electron chi connectivity index (χ4n) is 2.19. The highest BCUT2D eigenvalue weighted by atomic mass is 15.3. The van der Waals surface area contributed by atoms with Crippen LogP contribution < -0.4 is 5.32 Å². The molecule has 1 aromatic carbocycles. The second-order valence-corrected chi connectivity index (χ2v) is 4.85. The highest BCUT2D eigenvalue weighted by Gasteiger charge is 2.01. The van der Waals surface area contributed by atoms with Crippen LogP contribution in [-0.2, 0) is 19.5 Å². The zero-order valence-electron chi connectivity index (χ0n) is 11.9. The van der Waals surface area contributed by atoms with Gasteiger partial charge in [-0.3, -0.25) is 4.68 Å². The van der Waals surface area contributed by atoms with E-state index in [4.69, 9.17) is 0 Å². The molecule has 3 heteroatoms. The smallest absolute Gasteiger partial charge is 0.0575 e. The second-order valence-electron chi connectivity index (χ2n) is 4.85. The minimum Gasteiger partial charge on any atom is -0.379 e. The van der Waals surface area contributed by atoms with Crippen molar-refractivity contribution < 1.29 is 0 Å². The Kier molecular flexibility index (Phi) is 5.01. The molecule has 3 nitrogen and oxygen atoms in total. The van der Waals surface area contributed by atoms with Gasteiger partial charge >= 0.3 is 0 Å². The van der Waals surface area contributed by atoms with Crippen LogP contribution in [-0.4, -0.2) is 9.78 Å². The Balaban J connectivity index is 1.92. The van der Waals surface area contributed by atoms with Gasteiger partial charge in [0.05, 0.1) is 12.2 Å². The highest BCUT2D eigenvalue weighted by molar-refractivity contribution is 5.44. The third-order valence-electron chi connectivity index (χ3n) is 3.21. The number of aromatic nitrogens is 2. The second kappa shape index (κ2) is 6.98. The molecule has 0 aliphatic rings. The van der Waals surface area contributed by atoms with Crippen LogP contribution in [0.5, 0.6) is 0 Å². The van der Waals surface area contributed by atoms with E-state index in [1.807, 2.05) is 6.20 Å². The average molecular weight is 257 g/mol. The lowest BCUT2D eigenvalue weighted by molar-refractivity contribution is 0.578. The maximum Gasteiger partial charge on any atom is 0.0575 e. The van der Waals surface area contributed by atoms with Crippen molar-refractivity contribution >= 4 is 5.69 Å². The molecule has 0 bridgehead atoms. The third-order valence-corrected chi connectivity index (χ3v) is 3.21. The van der Waals surface area contributed by atoms with Gasteiger partial charge in [-0.2, -0.15) is 5.10 Å². The van der Waals surface area contributed by atoms with Gasteiger partial charge in [0.15, 0.2) is 0 Å². The lowest BCUT2D eigenvalue weighted by atomic mass is 10.1. The summed E-state index contributed by atoms with van der Waals surface area (Å²) in [5.41, 5.74) is 3.81. The largest absolute Gasteiger partial charge is 0.379 e. The van der Waals surface area contributed by atoms with Crippen molar-refractivity contribution in [3.05, 3.63) is 47.8 Å². The van der Waals surface area contributed by atoms with Crippen molar-refractivity contribution in [3.8, 4) is 0 Å². The molecular weight excluding hydrogens is 234 g/mol. The van der Waals surface area contributed by atoms with Gasteiger partial charge in [0, 0.05) is 18.4 Å². The van der Waals surface area contributed by atoms with Gasteiger partial charge in [-0.1, -0.05) is 32.4 Å². The van der Waals surface area contributed by atoms with Crippen LogP contribution in [0.1, 0.15) is 37.9 Å². The predicted molar refractivity (Wildman–Crippen MR) is 80.3 cm³/mol. The summed E-state index contributed by atoms with van der Waals surface area (Å²) in [5.74, 6) is 0. The summed E-state index contributed by atoms with van der Waals surface area (Å²) in [7, 11) is 0. The molecule has 0 radical (unpaired) electrons. The third kappa shape index (κ3) is 3.85. The molecule has 0 unspecified atom stereocenters. The highest BCUT2D eigenvalue weighted by Crippen LogP contribution is 2.12. The topological polar surface area (TPSA) is 29.9 Å². The van der Waals surface area contributed by atoms with E-state index in [0.29, 0.717) is 0 Å². The summed E-state index contributed by atoms with van der Waals surface area (Å²) in [6, 6.07) is 10.8. The number of aryl methyl sites for hydroxylation is 2. The summed E-state index contributed by atoms with van der Waals surface area (Å²) in [4.78, 5) is 0. The fraction of sp³-hybridized carbons (Fsp3) is 0.438. The molecule has 0 spiro atoms. The molecule has 0 aliphatic carbocycles. The van der Waals surface area contributed by atoms with Crippen LogP contribution in [0.3, 0.4) is 0 Å². The molecule has 102 valence electrons. The lowest BCUT2D eigenvalue weighted by Crippen LogP contribution is -2.08. The van der Waals surface area contributed by atoms with E-state index in [9.17, 15) is 0 Å². The first-order chi connectivity index (χ1) is 9.33. The van der Waals surface area contributed by atoms with Gasteiger partial charge < -0.3 is 5.32 Å². The van der Waals surface area contributed by atoms with Gasteiger partial charge in [0.25, 0.3) is 0 Å². The van der Waals surface area contributed by atoms with Gasteiger partial charge in [-0.05, 0) is 36.6 Å². The van der Waals surface area contributed by atoms with Gasteiger partial charge in [-0.15, -0.1) is 0 Å². The van der Waals surface area contributed by atoms with Crippen molar-refractivity contribution in [1.82, 2.24) is 9.78 Å². The van der Waals surface area contributed by atoms with Crippen LogP contribution in [0.25, 0.3) is 0 Å². The van der Waals surface area contributed by atoms with Crippen molar-refractivity contribution in [2.75, 3.05) is 5.32 Å². The number of nitrogens with one attached hydrogen (secondary N) is 1. The predicted octanol–water partition coefficient (Wildman–Crippen LogP) is 3.86. The Hall–Kier alpha value is -1.77. The molecule has 0 saturated carbocycles. The molecule has 2 aromatic rings. The van der Waals surface area contributed by atoms with Crippen LogP contribution in [0.15, 0.2) is 36.5 Å². The van der Waals surface area contributed by atoms with Crippen molar-refractivity contribution in [1.29, 1.82) is 0 Å². The van der Waals surface area contributed by atoms with E-state index in [0.717, 1.165) is 25.9 Å². The lowest BCUT2D eigenvalue weighted by Gasteiger charge is -2.09. The zero-order chi connectivity index (χ0) is 13.5. The molecule has 1 heterocycles. The first-order valence-corrected chi connectivity index (χ1v) is 7.17. The van der Waals surface area contributed by atoms with E-state index in [-0.39, 0.29) is 0 Å². The van der Waals surface area contributed by atoms with E-state index in [2.05, 4.69) is 59.3 Å². The van der Waals surface area contributed by atoms with E-state index >= 15 is 0 Å². The Morgan fingerprint density at radius 3 is 2.53 bits per heavy atom. The Morgan fingerprint density at radius 1 is 1.05 bits per heavy atom. The van der Waals surface area contributed by atoms with Gasteiger partial charge in [0.2, 0.25) is 0 Å². The number of benzene rings is 1. The van der Waals surface area contributed by atoms with Gasteiger partial charge in [0.1, 0.15) is 0 Å². The molecular formula is C16H23N3. The number of rotatable bonds is 7. The zero-order valence-corrected chi connectivity index (χ0v) is 11.9. The molecule has 2 rings (SSSR count). The number of hydrogen-bond donors (Lipinski definition) is 1. The average Bonchev–Trinajstić information content (AvgIpc) is 2.86. The molecule has 19 heavy (non-hydrogen) atoms. The van der Waals surface area contributed by atoms with Crippen LogP contribution in [0, 0.1) is 0 Å². The maximum absolute atomic E-state index is 4.33. The van der Waals surface area contributed by atoms with E-state index < -0.39 is 0 Å². The van der Waals surface area contributed by atoms with E-state index in [1.165, 1.54) is 23.4 Å². The van der Waals surface area contributed by atoms with Crippen LogP contribution >= 0.6 is 0 Å². The monoisotopic (exact) mass is 257 g/mol. The molecule has 1 N–H and O–H groups in total. The van der Waals surface area contributed by atoms with Gasteiger partial charge in [-0.25, -0.2) is 0 Å². The fourth-order valence-corrected chi connectivity index (χ4v) is 2.19. The molecule has 1 aromatic heterocycles. The normalized spacial score (nSPS) is 10.6. The summed E-state index contributed by atoms with van der Waals surface area (Å²) in [5, 5.41) is 7.79. The summed E-state index contributed by atoms with van der Waals surface area (Å²) in [6.07, 6.45) is 5.34. The molecule has 0 atom stereocenters. The SMILES string of the molecule is CCCc1ccc(NCc2ccnn2CCC)cc1. The Bertz CT molecular complexity index is 485. The van der Waals surface area contributed by atoms with E-state index in [1.54, 1.807) is 0 Å². The maximum atomic E-state index is 4.33. The first kappa shape index (κ1) is 13.7. The first-order valence-electron chi connectivity index (χ1n) is 7.17. The number of hydrogen-bond acceptors (Lipinski definition) is 2. The summed E-state index contributed by atoms with van der Waals surface area (Å²) >= 11 is 0. The minimum atomic E-state index is 0.827. The molecule has 0 saturated heterocycles. The molecule has 0 amide bonds. The summed E-state index contributed by atoms with van der Waals surface area (Å²) < 4.78 is 2.07. The molecule has 0 fully saturated rings. The Morgan fingerprint density at radius 2 is 1.84 bits per heavy atom. The summed E-state index contributed by atoms with van der Waals surface area (Å²) in [6.45, 7) is 6.19. The molecule has 0 aliphatic heterocycles. The number of anilines is 1. The van der Waals surface area contributed by atoms with Crippen molar-refractivity contribution in [3.63, 3.8) is 0 Å². The Labute approximate surface area is 115 Å². The minimum absolute atomic E-state index is 0.827. The number of nitrogens with zero attached hydrogens (tertiary/aromatic N) is 2. The standard InChI is InChI=1S/C16H23N3/c1-3-5-14-6-8-15(9-7-14)17-13-16-10-11-18-19(16)12-4-2/h6-11,17H,3-5,12-13H2,1-2H3. The van der Waals surface area contributed by atoms with Crippen molar-refractivity contribution in [2.24, 2.45) is 0 Å². The van der Waals surface area contributed by atoms with Crippen molar-refractivity contribution in [2.45, 2.75) is 46.2 Å². The van der Waals surface area contributed by atoms with Crippen LogP contribution in [0.4, 0.5) is 5.69 Å².